The lowest BCUT2D eigenvalue weighted by Gasteiger charge is -2.11. The molecule has 1 aromatic heterocycles. The van der Waals surface area contributed by atoms with E-state index in [0.29, 0.717) is 0 Å². The Balaban J connectivity index is 2.41. The van der Waals surface area contributed by atoms with Crippen LogP contribution >= 0.6 is 0 Å². The molecule has 0 aliphatic carbocycles. The Labute approximate surface area is 107 Å². The zero-order valence-corrected chi connectivity index (χ0v) is 10.4. The lowest BCUT2D eigenvalue weighted by atomic mass is 10.2. The van der Waals surface area contributed by atoms with Gasteiger partial charge in [0, 0.05) is 16.8 Å². The summed E-state index contributed by atoms with van der Waals surface area (Å²) in [6.07, 6.45) is 1.91. The van der Waals surface area contributed by atoms with Gasteiger partial charge in [-0.2, -0.15) is 0 Å². The number of benzene rings is 2. The second kappa shape index (κ2) is 4.19. The maximum atomic E-state index is 3.92. The summed E-state index contributed by atoms with van der Waals surface area (Å²) < 4.78 is 2.26. The molecule has 1 heteroatoms. The molecule has 0 radical (unpaired) electrons. The first-order valence-corrected chi connectivity index (χ1v) is 6.10. The largest absolute Gasteiger partial charge is 0.310 e. The van der Waals surface area contributed by atoms with Gasteiger partial charge in [0.25, 0.3) is 0 Å². The average molecular weight is 233 g/mol. The Bertz CT molecular complexity index is 719. The van der Waals surface area contributed by atoms with Crippen LogP contribution in [0.4, 0.5) is 0 Å². The number of aromatic nitrogens is 1. The topological polar surface area (TPSA) is 4.93 Å². The summed E-state index contributed by atoms with van der Waals surface area (Å²) >= 11 is 0. The van der Waals surface area contributed by atoms with Gasteiger partial charge in [-0.3, -0.25) is 0 Å². The van der Waals surface area contributed by atoms with E-state index < -0.39 is 0 Å². The predicted octanol–water partition coefficient (Wildman–Crippen LogP) is 4.58. The summed E-state index contributed by atoms with van der Waals surface area (Å²) in [6, 6.07) is 19.0. The molecule has 0 atom stereocenters. The van der Waals surface area contributed by atoms with Gasteiger partial charge in [0.1, 0.15) is 0 Å². The Hall–Kier alpha value is -2.28. The molecule has 0 fully saturated rings. The van der Waals surface area contributed by atoms with Crippen molar-refractivity contribution >= 4 is 17.0 Å². The maximum absolute atomic E-state index is 3.92. The van der Waals surface area contributed by atoms with Gasteiger partial charge in [-0.05, 0) is 36.8 Å². The number of hydrogen-bond donors (Lipinski definition) is 0. The van der Waals surface area contributed by atoms with Crippen molar-refractivity contribution in [2.45, 2.75) is 6.92 Å². The second-order valence-electron chi connectivity index (χ2n) is 4.45. The lowest BCUT2D eigenvalue weighted by Crippen LogP contribution is -1.98. The molecule has 0 saturated carbocycles. The minimum absolute atomic E-state index is 1.13. The average Bonchev–Trinajstić information content (AvgIpc) is 2.78. The van der Waals surface area contributed by atoms with Gasteiger partial charge in [0.15, 0.2) is 0 Å². The van der Waals surface area contributed by atoms with Crippen molar-refractivity contribution in [3.63, 3.8) is 0 Å². The molecule has 0 unspecified atom stereocenters. The Morgan fingerprint density at radius 2 is 1.72 bits per heavy atom. The van der Waals surface area contributed by atoms with Crippen LogP contribution in [0.25, 0.3) is 22.7 Å². The Morgan fingerprint density at radius 1 is 1.00 bits per heavy atom. The van der Waals surface area contributed by atoms with E-state index in [-0.39, 0.29) is 0 Å². The second-order valence-corrected chi connectivity index (χ2v) is 4.45. The van der Waals surface area contributed by atoms with E-state index in [2.05, 4.69) is 72.7 Å². The molecule has 2 aromatic carbocycles. The number of para-hydroxylation sites is 2. The first-order valence-electron chi connectivity index (χ1n) is 6.10. The summed E-state index contributed by atoms with van der Waals surface area (Å²) in [5.41, 5.74) is 4.84. The van der Waals surface area contributed by atoms with Crippen LogP contribution in [0, 0.1) is 6.92 Å². The highest BCUT2D eigenvalue weighted by molar-refractivity contribution is 5.85. The van der Waals surface area contributed by atoms with Crippen LogP contribution in [0.2, 0.25) is 0 Å². The highest BCUT2D eigenvalue weighted by Gasteiger charge is 2.09. The van der Waals surface area contributed by atoms with Crippen LogP contribution < -0.4 is 0 Å². The maximum Gasteiger partial charge on any atom is 0.0534 e. The molecule has 18 heavy (non-hydrogen) atoms. The zero-order chi connectivity index (χ0) is 12.5. The van der Waals surface area contributed by atoms with Gasteiger partial charge >= 0.3 is 0 Å². The fraction of sp³-hybridized carbons (Fsp3) is 0.0588. The lowest BCUT2D eigenvalue weighted by molar-refractivity contribution is 1.09. The Kier molecular flexibility index (Phi) is 2.52. The van der Waals surface area contributed by atoms with Crippen molar-refractivity contribution in [1.29, 1.82) is 0 Å². The van der Waals surface area contributed by atoms with Gasteiger partial charge in [-0.15, -0.1) is 0 Å². The third kappa shape index (κ3) is 1.56. The smallest absolute Gasteiger partial charge is 0.0534 e. The van der Waals surface area contributed by atoms with E-state index in [1.807, 2.05) is 6.08 Å². The van der Waals surface area contributed by atoms with Gasteiger partial charge in [0.2, 0.25) is 0 Å². The molecule has 0 N–H and O–H groups in total. The zero-order valence-electron chi connectivity index (χ0n) is 10.4. The van der Waals surface area contributed by atoms with Crippen molar-refractivity contribution in [3.8, 4) is 5.69 Å². The fourth-order valence-corrected chi connectivity index (χ4v) is 2.41. The normalized spacial score (nSPS) is 10.7. The van der Waals surface area contributed by atoms with Crippen LogP contribution in [0.1, 0.15) is 11.3 Å². The number of nitrogens with zero attached hydrogens (tertiary/aromatic N) is 1. The molecule has 88 valence electrons. The Morgan fingerprint density at radius 3 is 2.50 bits per heavy atom. The van der Waals surface area contributed by atoms with Gasteiger partial charge < -0.3 is 4.57 Å². The number of hydrogen-bond acceptors (Lipinski definition) is 0. The first-order chi connectivity index (χ1) is 8.81. The molecule has 3 rings (SSSR count). The van der Waals surface area contributed by atoms with Crippen LogP contribution in [0.15, 0.2) is 61.2 Å². The molecule has 0 bridgehead atoms. The van der Waals surface area contributed by atoms with E-state index >= 15 is 0 Å². The predicted molar refractivity (Wildman–Crippen MR) is 78.1 cm³/mol. The molecule has 0 spiro atoms. The van der Waals surface area contributed by atoms with Crippen molar-refractivity contribution in [2.24, 2.45) is 0 Å². The van der Waals surface area contributed by atoms with Gasteiger partial charge in [-0.25, -0.2) is 0 Å². The number of aryl methyl sites for hydroxylation is 1. The van der Waals surface area contributed by atoms with Crippen molar-refractivity contribution in [2.75, 3.05) is 0 Å². The van der Waals surface area contributed by atoms with Gasteiger partial charge in [0.05, 0.1) is 5.52 Å². The van der Waals surface area contributed by atoms with Crippen LogP contribution in [-0.2, 0) is 0 Å². The van der Waals surface area contributed by atoms with E-state index in [1.165, 1.54) is 22.2 Å². The summed E-state index contributed by atoms with van der Waals surface area (Å²) in [5, 5.41) is 1.25. The van der Waals surface area contributed by atoms with E-state index in [9.17, 15) is 0 Å². The highest BCUT2D eigenvalue weighted by Crippen LogP contribution is 2.26. The van der Waals surface area contributed by atoms with Crippen molar-refractivity contribution in [1.82, 2.24) is 4.57 Å². The number of fused-ring (bicyclic) bond motifs is 1. The monoisotopic (exact) mass is 233 g/mol. The standard InChI is InChI=1S/C17H15N/c1-3-15-12-14-9-5-7-11-17(14)18(15)16-10-6-4-8-13(16)2/h3-12H,1H2,2H3. The molecule has 1 heterocycles. The van der Waals surface area contributed by atoms with Crippen LogP contribution in [0.3, 0.4) is 0 Å². The molecule has 3 aromatic rings. The van der Waals surface area contributed by atoms with E-state index in [0.717, 1.165) is 5.69 Å². The molecule has 1 nitrogen and oxygen atoms in total. The van der Waals surface area contributed by atoms with E-state index in [4.69, 9.17) is 0 Å². The molecular weight excluding hydrogens is 218 g/mol. The highest BCUT2D eigenvalue weighted by atomic mass is 15.0. The molecular formula is C17H15N. The number of rotatable bonds is 2. The van der Waals surface area contributed by atoms with E-state index in [1.54, 1.807) is 0 Å². The van der Waals surface area contributed by atoms with Gasteiger partial charge in [-0.1, -0.05) is 43.0 Å². The minimum Gasteiger partial charge on any atom is -0.310 e. The molecule has 0 aliphatic heterocycles. The summed E-state index contributed by atoms with van der Waals surface area (Å²) in [7, 11) is 0. The summed E-state index contributed by atoms with van der Waals surface area (Å²) in [5.74, 6) is 0. The summed E-state index contributed by atoms with van der Waals surface area (Å²) in [4.78, 5) is 0. The molecule has 0 saturated heterocycles. The van der Waals surface area contributed by atoms with Crippen LogP contribution in [-0.4, -0.2) is 4.57 Å². The summed E-state index contributed by atoms with van der Waals surface area (Å²) in [6.45, 7) is 6.06. The SMILES string of the molecule is C=Cc1cc2ccccc2n1-c1ccccc1C. The third-order valence-electron chi connectivity index (χ3n) is 3.30. The quantitative estimate of drug-likeness (QED) is 0.610. The minimum atomic E-state index is 1.13. The molecule has 0 amide bonds. The van der Waals surface area contributed by atoms with Crippen molar-refractivity contribution < 1.29 is 0 Å². The fourth-order valence-electron chi connectivity index (χ4n) is 2.41. The first kappa shape index (κ1) is 10.8. The third-order valence-corrected chi connectivity index (χ3v) is 3.30. The molecule has 0 aliphatic rings. The van der Waals surface area contributed by atoms with Crippen LogP contribution in [0.5, 0.6) is 0 Å². The van der Waals surface area contributed by atoms with Crippen molar-refractivity contribution in [3.05, 3.63) is 72.4 Å².